The monoisotopic (exact) mass is 267 g/mol. The molecule has 1 unspecified atom stereocenters. The normalized spacial score (nSPS) is 31.7. The quantitative estimate of drug-likeness (QED) is 0.765. The van der Waals surface area contributed by atoms with E-state index in [-0.39, 0.29) is 6.10 Å². The van der Waals surface area contributed by atoms with Gasteiger partial charge in [-0.3, -0.25) is 4.79 Å². The van der Waals surface area contributed by atoms with E-state index in [0.29, 0.717) is 11.8 Å². The lowest BCUT2D eigenvalue weighted by atomic mass is 9.79. The Bertz CT molecular complexity index is 284. The molecule has 0 N–H and O–H groups in total. The average Bonchev–Trinajstić information content (AvgIpc) is 2.94. The summed E-state index contributed by atoms with van der Waals surface area (Å²) >= 11 is 0. The number of ether oxygens (including phenoxy) is 1. The summed E-state index contributed by atoms with van der Waals surface area (Å²) in [4.78, 5) is 14.5. The summed E-state index contributed by atoms with van der Waals surface area (Å²) in [6.45, 7) is 3.97. The van der Waals surface area contributed by atoms with Crippen molar-refractivity contribution in [1.29, 1.82) is 0 Å². The first-order valence-electron chi connectivity index (χ1n) is 8.06. The summed E-state index contributed by atoms with van der Waals surface area (Å²) in [5, 5.41) is 0. The number of unbranched alkanes of at least 4 members (excludes halogenated alkanes) is 1. The van der Waals surface area contributed by atoms with Crippen molar-refractivity contribution < 1.29 is 9.53 Å². The minimum Gasteiger partial charge on any atom is -0.380 e. The summed E-state index contributed by atoms with van der Waals surface area (Å²) in [6, 6.07) is 0. The number of carbonyl (C=O) groups is 1. The van der Waals surface area contributed by atoms with Crippen molar-refractivity contribution in [3.8, 4) is 0 Å². The summed E-state index contributed by atoms with van der Waals surface area (Å²) in [5.74, 6) is 1.58. The van der Waals surface area contributed by atoms with Crippen LogP contribution in [-0.2, 0) is 9.53 Å². The fourth-order valence-electron chi connectivity index (χ4n) is 3.57. The van der Waals surface area contributed by atoms with E-state index in [9.17, 15) is 4.79 Å². The number of hydrogen-bond donors (Lipinski definition) is 0. The topological polar surface area (TPSA) is 29.5 Å². The summed E-state index contributed by atoms with van der Waals surface area (Å²) in [6.07, 6.45) is 10.0. The van der Waals surface area contributed by atoms with Crippen molar-refractivity contribution >= 4 is 5.91 Å². The largest absolute Gasteiger partial charge is 0.380 e. The molecular formula is C16H29NO2. The van der Waals surface area contributed by atoms with E-state index in [0.717, 1.165) is 38.3 Å². The van der Waals surface area contributed by atoms with Gasteiger partial charge in [0.2, 0.25) is 5.91 Å². The van der Waals surface area contributed by atoms with Crippen LogP contribution in [0.5, 0.6) is 0 Å². The Morgan fingerprint density at radius 3 is 2.53 bits per heavy atom. The molecule has 3 heteroatoms. The van der Waals surface area contributed by atoms with E-state index in [1.54, 1.807) is 7.11 Å². The molecule has 1 saturated carbocycles. The smallest absolute Gasteiger partial charge is 0.225 e. The highest BCUT2D eigenvalue weighted by atomic mass is 16.5. The van der Waals surface area contributed by atoms with E-state index < -0.39 is 0 Å². The molecule has 0 bridgehead atoms. The first-order valence-corrected chi connectivity index (χ1v) is 8.06. The van der Waals surface area contributed by atoms with Crippen molar-refractivity contribution in [2.75, 3.05) is 20.2 Å². The van der Waals surface area contributed by atoms with Crippen LogP contribution in [0.15, 0.2) is 0 Å². The van der Waals surface area contributed by atoms with Gasteiger partial charge >= 0.3 is 0 Å². The molecule has 1 heterocycles. The maximum Gasteiger partial charge on any atom is 0.225 e. The first kappa shape index (κ1) is 14.8. The van der Waals surface area contributed by atoms with Crippen LogP contribution in [0, 0.1) is 11.8 Å². The van der Waals surface area contributed by atoms with Crippen molar-refractivity contribution in [2.45, 2.75) is 64.4 Å². The molecule has 1 saturated heterocycles. The Hall–Kier alpha value is -0.570. The summed E-state index contributed by atoms with van der Waals surface area (Å²) in [7, 11) is 1.75. The number of carbonyl (C=O) groups excluding carboxylic acids is 1. The van der Waals surface area contributed by atoms with Gasteiger partial charge in [0.25, 0.3) is 0 Å². The van der Waals surface area contributed by atoms with Gasteiger partial charge < -0.3 is 9.64 Å². The molecule has 19 heavy (non-hydrogen) atoms. The Balaban J connectivity index is 1.73. The maximum atomic E-state index is 12.5. The second kappa shape index (κ2) is 7.28. The third-order valence-corrected chi connectivity index (χ3v) is 4.95. The number of hydrogen-bond acceptors (Lipinski definition) is 2. The highest BCUT2D eigenvalue weighted by molar-refractivity contribution is 5.79. The van der Waals surface area contributed by atoms with Gasteiger partial charge in [-0.1, -0.05) is 26.2 Å². The number of likely N-dealkylation sites (tertiary alicyclic amines) is 1. The number of methoxy groups -OCH3 is 1. The predicted octanol–water partition coefficient (Wildman–Crippen LogP) is 3.23. The molecule has 0 aromatic rings. The van der Waals surface area contributed by atoms with Gasteiger partial charge in [-0.25, -0.2) is 0 Å². The molecule has 110 valence electrons. The van der Waals surface area contributed by atoms with Crippen molar-refractivity contribution in [1.82, 2.24) is 4.90 Å². The zero-order chi connectivity index (χ0) is 13.7. The number of rotatable bonds is 5. The Morgan fingerprint density at radius 2 is 1.95 bits per heavy atom. The fraction of sp³-hybridized carbons (Fsp3) is 0.938. The molecule has 1 aliphatic heterocycles. The molecule has 0 aromatic carbocycles. The number of nitrogens with zero attached hydrogens (tertiary/aromatic N) is 1. The molecule has 0 spiro atoms. The third-order valence-electron chi connectivity index (χ3n) is 4.95. The van der Waals surface area contributed by atoms with Crippen molar-refractivity contribution in [3.05, 3.63) is 0 Å². The fourth-order valence-corrected chi connectivity index (χ4v) is 3.57. The minimum absolute atomic E-state index is 0.268. The van der Waals surface area contributed by atoms with Gasteiger partial charge in [0.1, 0.15) is 0 Å². The molecule has 1 amide bonds. The van der Waals surface area contributed by atoms with Gasteiger partial charge in [0.05, 0.1) is 6.10 Å². The molecule has 1 aliphatic carbocycles. The average molecular weight is 267 g/mol. The van der Waals surface area contributed by atoms with Gasteiger partial charge in [0.15, 0.2) is 0 Å². The molecule has 2 aliphatic rings. The van der Waals surface area contributed by atoms with Crippen LogP contribution in [0.4, 0.5) is 0 Å². The van der Waals surface area contributed by atoms with E-state index in [4.69, 9.17) is 4.74 Å². The van der Waals surface area contributed by atoms with Crippen LogP contribution in [0.1, 0.15) is 58.3 Å². The molecule has 2 rings (SSSR count). The van der Waals surface area contributed by atoms with Crippen molar-refractivity contribution in [2.24, 2.45) is 11.8 Å². The third kappa shape index (κ3) is 3.95. The lowest BCUT2D eigenvalue weighted by molar-refractivity contribution is -0.136. The Kier molecular flexibility index (Phi) is 5.68. The lowest BCUT2D eigenvalue weighted by Crippen LogP contribution is -2.36. The highest BCUT2D eigenvalue weighted by Crippen LogP contribution is 2.33. The predicted molar refractivity (Wildman–Crippen MR) is 77.0 cm³/mol. The van der Waals surface area contributed by atoms with Crippen LogP contribution in [0.2, 0.25) is 0 Å². The van der Waals surface area contributed by atoms with E-state index >= 15 is 0 Å². The van der Waals surface area contributed by atoms with Gasteiger partial charge in [0, 0.05) is 26.1 Å². The van der Waals surface area contributed by atoms with Crippen LogP contribution in [-0.4, -0.2) is 37.1 Å². The molecule has 1 atom stereocenters. The van der Waals surface area contributed by atoms with Gasteiger partial charge in [-0.05, 0) is 38.0 Å². The van der Waals surface area contributed by atoms with E-state index in [2.05, 4.69) is 6.92 Å². The maximum absolute atomic E-state index is 12.5. The van der Waals surface area contributed by atoms with Crippen LogP contribution in [0.3, 0.4) is 0 Å². The second-order valence-corrected chi connectivity index (χ2v) is 6.29. The zero-order valence-corrected chi connectivity index (χ0v) is 12.6. The molecule has 0 aromatic heterocycles. The van der Waals surface area contributed by atoms with Gasteiger partial charge in [-0.15, -0.1) is 0 Å². The van der Waals surface area contributed by atoms with Crippen LogP contribution >= 0.6 is 0 Å². The Morgan fingerprint density at radius 1 is 1.21 bits per heavy atom. The Labute approximate surface area is 117 Å². The molecule has 2 fully saturated rings. The van der Waals surface area contributed by atoms with E-state index in [1.165, 1.54) is 32.1 Å². The minimum atomic E-state index is 0.268. The van der Waals surface area contributed by atoms with Crippen molar-refractivity contribution in [3.63, 3.8) is 0 Å². The van der Waals surface area contributed by atoms with Gasteiger partial charge in [-0.2, -0.15) is 0 Å². The van der Waals surface area contributed by atoms with E-state index in [1.807, 2.05) is 4.90 Å². The van der Waals surface area contributed by atoms with Crippen LogP contribution in [0.25, 0.3) is 0 Å². The first-order chi connectivity index (χ1) is 9.24. The molecule has 3 nitrogen and oxygen atoms in total. The lowest BCUT2D eigenvalue weighted by Gasteiger charge is -2.30. The number of amides is 1. The summed E-state index contributed by atoms with van der Waals surface area (Å²) < 4.78 is 5.35. The zero-order valence-electron chi connectivity index (χ0n) is 12.6. The highest BCUT2D eigenvalue weighted by Gasteiger charge is 2.33. The molecular weight excluding hydrogens is 238 g/mol. The molecule has 0 radical (unpaired) electrons. The van der Waals surface area contributed by atoms with Crippen LogP contribution < -0.4 is 0 Å². The standard InChI is InChI=1S/C16H29NO2/c1-3-4-5-13-6-8-14(9-7-13)16(18)17-11-10-15(12-17)19-2/h13-15H,3-12H2,1-2H3. The SMILES string of the molecule is CCCCC1CCC(C(=O)N2CCC(OC)C2)CC1. The summed E-state index contributed by atoms with van der Waals surface area (Å²) in [5.41, 5.74) is 0. The second-order valence-electron chi connectivity index (χ2n) is 6.29.